The number of carbonyl (C=O) groups is 1. The number of benzene rings is 2. The van der Waals surface area contributed by atoms with Crippen LogP contribution in [0.2, 0.25) is 0 Å². The number of carbonyl (C=O) groups excluding carboxylic acids is 1. The lowest BCUT2D eigenvalue weighted by Crippen LogP contribution is -2.07. The van der Waals surface area contributed by atoms with Crippen molar-refractivity contribution in [3.8, 4) is 17.2 Å². The summed E-state index contributed by atoms with van der Waals surface area (Å²) in [4.78, 5) is 16.0. The minimum absolute atomic E-state index is 0.386. The fraction of sp³-hybridized carbons (Fsp3) is 0.174. The van der Waals surface area contributed by atoms with E-state index in [0.717, 1.165) is 28.1 Å². The average molecular weight is 369 g/mol. The number of aromatic nitrogens is 1. The molecular formula is C23H19N3O2. The van der Waals surface area contributed by atoms with Crippen molar-refractivity contribution in [2.45, 2.75) is 20.4 Å². The minimum atomic E-state index is -0.386. The molecule has 28 heavy (non-hydrogen) atoms. The molecule has 3 aromatic rings. The van der Waals surface area contributed by atoms with Crippen LogP contribution in [0.1, 0.15) is 32.9 Å². The highest BCUT2D eigenvalue weighted by molar-refractivity contribution is 5.99. The number of ether oxygens (including phenoxy) is 1. The Balaban J connectivity index is 2.13. The Morgan fingerprint density at radius 2 is 1.75 bits per heavy atom. The van der Waals surface area contributed by atoms with E-state index < -0.39 is 0 Å². The van der Waals surface area contributed by atoms with Crippen LogP contribution in [-0.4, -0.2) is 17.6 Å². The Hall–Kier alpha value is -3.83. The molecule has 1 heterocycles. The van der Waals surface area contributed by atoms with Gasteiger partial charge in [0.05, 0.1) is 30.9 Å². The van der Waals surface area contributed by atoms with E-state index in [1.165, 1.54) is 7.11 Å². The van der Waals surface area contributed by atoms with Crippen LogP contribution in [-0.2, 0) is 11.3 Å². The normalized spacial score (nSPS) is 10.2. The molecule has 0 aliphatic rings. The molecule has 5 nitrogen and oxygen atoms in total. The third-order valence-electron chi connectivity index (χ3n) is 4.88. The summed E-state index contributed by atoms with van der Waals surface area (Å²) in [5, 5.41) is 8.97. The van der Waals surface area contributed by atoms with Crippen LogP contribution in [0.3, 0.4) is 0 Å². The van der Waals surface area contributed by atoms with Gasteiger partial charge >= 0.3 is 5.97 Å². The molecule has 0 saturated heterocycles. The summed E-state index contributed by atoms with van der Waals surface area (Å²) in [7, 11) is 1.38. The Kier molecular flexibility index (Phi) is 5.29. The van der Waals surface area contributed by atoms with Gasteiger partial charge in [0.15, 0.2) is 5.69 Å². The van der Waals surface area contributed by atoms with Crippen molar-refractivity contribution in [2.24, 2.45) is 0 Å². The zero-order chi connectivity index (χ0) is 20.3. The molecule has 0 fully saturated rings. The standard InChI is InChI=1S/C23H19N3O2/c1-15-21(19-9-11-20(25-3)12-10-19)22(23(27)28-4)16(2)26(15)14-18-7-5-17(13-24)6-8-18/h5-12H,14H2,1-2,4H3. The van der Waals surface area contributed by atoms with Gasteiger partial charge in [0, 0.05) is 23.5 Å². The lowest BCUT2D eigenvalue weighted by Gasteiger charge is -2.10. The van der Waals surface area contributed by atoms with E-state index in [2.05, 4.69) is 15.5 Å². The van der Waals surface area contributed by atoms with Crippen molar-refractivity contribution in [3.05, 3.63) is 88.0 Å². The van der Waals surface area contributed by atoms with Gasteiger partial charge in [0.25, 0.3) is 0 Å². The van der Waals surface area contributed by atoms with Crippen molar-refractivity contribution >= 4 is 11.7 Å². The van der Waals surface area contributed by atoms with Gasteiger partial charge in [-0.1, -0.05) is 36.4 Å². The molecule has 1 aromatic heterocycles. The van der Waals surface area contributed by atoms with E-state index in [-0.39, 0.29) is 5.97 Å². The van der Waals surface area contributed by atoms with Gasteiger partial charge in [0.1, 0.15) is 0 Å². The first kappa shape index (κ1) is 18.9. The Bertz CT molecular complexity index is 1110. The highest BCUT2D eigenvalue weighted by Gasteiger charge is 2.24. The topological polar surface area (TPSA) is 59.4 Å². The molecule has 0 saturated carbocycles. The van der Waals surface area contributed by atoms with E-state index in [4.69, 9.17) is 16.6 Å². The highest BCUT2D eigenvalue weighted by Crippen LogP contribution is 2.34. The highest BCUT2D eigenvalue weighted by atomic mass is 16.5. The first-order valence-electron chi connectivity index (χ1n) is 8.75. The van der Waals surface area contributed by atoms with Crippen molar-refractivity contribution in [3.63, 3.8) is 0 Å². The third kappa shape index (κ3) is 3.39. The molecule has 2 aromatic carbocycles. The number of hydrogen-bond acceptors (Lipinski definition) is 3. The maximum atomic E-state index is 12.5. The molecule has 0 unspecified atom stereocenters. The van der Waals surface area contributed by atoms with Crippen molar-refractivity contribution in [2.75, 3.05) is 7.11 Å². The zero-order valence-corrected chi connectivity index (χ0v) is 16.0. The third-order valence-corrected chi connectivity index (χ3v) is 4.88. The van der Waals surface area contributed by atoms with Gasteiger partial charge in [-0.25, -0.2) is 9.64 Å². The molecule has 0 bridgehead atoms. The van der Waals surface area contributed by atoms with Crippen LogP contribution in [0, 0.1) is 31.8 Å². The Labute approximate surface area is 164 Å². The predicted octanol–water partition coefficient (Wildman–Crippen LogP) is 5.03. The number of esters is 1. The molecule has 0 aliphatic heterocycles. The van der Waals surface area contributed by atoms with E-state index in [9.17, 15) is 4.79 Å². The lowest BCUT2D eigenvalue weighted by molar-refractivity contribution is 0.0600. The second-order valence-corrected chi connectivity index (χ2v) is 6.47. The van der Waals surface area contributed by atoms with Gasteiger partial charge in [-0.15, -0.1) is 0 Å². The van der Waals surface area contributed by atoms with Crippen molar-refractivity contribution in [1.29, 1.82) is 5.26 Å². The maximum absolute atomic E-state index is 12.5. The number of hydrogen-bond donors (Lipinski definition) is 0. The molecule has 138 valence electrons. The number of nitriles is 1. The van der Waals surface area contributed by atoms with Crippen LogP contribution in [0.5, 0.6) is 0 Å². The fourth-order valence-corrected chi connectivity index (χ4v) is 3.40. The number of rotatable bonds is 4. The second kappa shape index (κ2) is 7.82. The monoisotopic (exact) mass is 369 g/mol. The molecule has 0 atom stereocenters. The van der Waals surface area contributed by atoms with Gasteiger partial charge in [-0.05, 0) is 37.1 Å². The smallest absolute Gasteiger partial charge is 0.340 e. The maximum Gasteiger partial charge on any atom is 0.340 e. The Morgan fingerprint density at radius 3 is 2.29 bits per heavy atom. The molecule has 5 heteroatoms. The first-order valence-corrected chi connectivity index (χ1v) is 8.75. The summed E-state index contributed by atoms with van der Waals surface area (Å²) in [5.41, 5.74) is 6.17. The molecule has 0 N–H and O–H groups in total. The quantitative estimate of drug-likeness (QED) is 0.479. The molecule has 0 spiro atoms. The van der Waals surface area contributed by atoms with Crippen LogP contribution < -0.4 is 0 Å². The Morgan fingerprint density at radius 1 is 1.11 bits per heavy atom. The van der Waals surface area contributed by atoms with Gasteiger partial charge in [-0.2, -0.15) is 5.26 Å². The average Bonchev–Trinajstić information content (AvgIpc) is 2.98. The van der Waals surface area contributed by atoms with Gasteiger partial charge in [-0.3, -0.25) is 0 Å². The van der Waals surface area contributed by atoms with Crippen molar-refractivity contribution < 1.29 is 9.53 Å². The minimum Gasteiger partial charge on any atom is -0.465 e. The van der Waals surface area contributed by atoms with E-state index >= 15 is 0 Å². The number of methoxy groups -OCH3 is 1. The fourth-order valence-electron chi connectivity index (χ4n) is 3.40. The molecular weight excluding hydrogens is 350 g/mol. The molecule has 3 rings (SSSR count). The predicted molar refractivity (Wildman–Crippen MR) is 107 cm³/mol. The summed E-state index contributed by atoms with van der Waals surface area (Å²) >= 11 is 0. The van der Waals surface area contributed by atoms with E-state index in [0.29, 0.717) is 23.4 Å². The molecule has 0 amide bonds. The van der Waals surface area contributed by atoms with Gasteiger partial charge in [0.2, 0.25) is 0 Å². The van der Waals surface area contributed by atoms with Gasteiger partial charge < -0.3 is 9.30 Å². The largest absolute Gasteiger partial charge is 0.465 e. The van der Waals surface area contributed by atoms with Crippen LogP contribution in [0.25, 0.3) is 16.0 Å². The van der Waals surface area contributed by atoms with Crippen LogP contribution >= 0.6 is 0 Å². The van der Waals surface area contributed by atoms with Crippen molar-refractivity contribution in [1.82, 2.24) is 4.57 Å². The summed E-state index contributed by atoms with van der Waals surface area (Å²) in [6.45, 7) is 11.6. The summed E-state index contributed by atoms with van der Waals surface area (Å²) < 4.78 is 7.11. The summed E-state index contributed by atoms with van der Waals surface area (Å²) in [6, 6.07) is 16.7. The van der Waals surface area contributed by atoms with E-state index in [1.54, 1.807) is 24.3 Å². The molecule has 0 radical (unpaired) electrons. The summed E-state index contributed by atoms with van der Waals surface area (Å²) in [5.74, 6) is -0.386. The van der Waals surface area contributed by atoms with E-state index in [1.807, 2.05) is 38.1 Å². The first-order chi connectivity index (χ1) is 13.5. The second-order valence-electron chi connectivity index (χ2n) is 6.47. The number of nitrogens with zero attached hydrogens (tertiary/aromatic N) is 3. The molecule has 0 aliphatic carbocycles. The lowest BCUT2D eigenvalue weighted by atomic mass is 10.0. The SMILES string of the molecule is [C-]#[N+]c1ccc(-c2c(C(=O)OC)c(C)n(Cc3ccc(C#N)cc3)c2C)cc1. The summed E-state index contributed by atoms with van der Waals surface area (Å²) in [6.07, 6.45) is 0. The zero-order valence-electron chi connectivity index (χ0n) is 16.0. The van der Waals surface area contributed by atoms with Crippen LogP contribution in [0.15, 0.2) is 48.5 Å². The van der Waals surface area contributed by atoms with Crippen LogP contribution in [0.4, 0.5) is 5.69 Å².